The van der Waals surface area contributed by atoms with Crippen LogP contribution in [0.2, 0.25) is 0 Å². The summed E-state index contributed by atoms with van der Waals surface area (Å²) in [6.45, 7) is 1.49. The van der Waals surface area contributed by atoms with Gasteiger partial charge in [0.15, 0.2) is 5.82 Å². The average Bonchev–Trinajstić information content (AvgIpc) is 2.74. The minimum absolute atomic E-state index is 0.259. The zero-order valence-corrected chi connectivity index (χ0v) is 10.8. The van der Waals surface area contributed by atoms with Crippen molar-refractivity contribution >= 4 is 27.0 Å². The van der Waals surface area contributed by atoms with Crippen LogP contribution in [0.25, 0.3) is 11.0 Å². The number of nitrogens with one attached hydrogen (secondary N) is 1. The molecular formula is C12H12BrFN2O. The minimum atomic E-state index is -0.298. The number of aromatic nitrogens is 2. The minimum Gasteiger partial charge on any atom is -0.381 e. The van der Waals surface area contributed by atoms with Crippen molar-refractivity contribution in [1.82, 2.24) is 9.97 Å². The van der Waals surface area contributed by atoms with E-state index in [1.165, 1.54) is 6.07 Å². The fraction of sp³-hybridized carbons (Fsp3) is 0.417. The molecule has 1 aromatic heterocycles. The molecule has 2 heterocycles. The second-order valence-electron chi connectivity index (χ2n) is 4.32. The molecule has 1 saturated heterocycles. The monoisotopic (exact) mass is 298 g/mol. The molecule has 0 radical (unpaired) electrons. The third-order valence-corrected chi connectivity index (χ3v) is 3.53. The van der Waals surface area contributed by atoms with Gasteiger partial charge in [0.05, 0.1) is 12.1 Å². The van der Waals surface area contributed by atoms with E-state index in [2.05, 4.69) is 25.9 Å². The number of nitrogens with zero attached hydrogens (tertiary/aromatic N) is 1. The van der Waals surface area contributed by atoms with Crippen molar-refractivity contribution in [2.45, 2.75) is 18.8 Å². The van der Waals surface area contributed by atoms with Crippen molar-refractivity contribution in [2.24, 2.45) is 0 Å². The third kappa shape index (κ3) is 2.09. The number of hydrogen-bond donors (Lipinski definition) is 1. The number of aromatic amines is 1. The van der Waals surface area contributed by atoms with E-state index in [4.69, 9.17) is 4.74 Å². The lowest BCUT2D eigenvalue weighted by Gasteiger charge is -2.19. The zero-order chi connectivity index (χ0) is 11.8. The highest BCUT2D eigenvalue weighted by Crippen LogP contribution is 2.27. The first-order valence-electron chi connectivity index (χ1n) is 5.66. The van der Waals surface area contributed by atoms with E-state index in [1.807, 2.05) is 6.07 Å². The fourth-order valence-electron chi connectivity index (χ4n) is 2.21. The fourth-order valence-corrected chi connectivity index (χ4v) is 2.64. The molecule has 1 fully saturated rings. The largest absolute Gasteiger partial charge is 0.381 e. The molecule has 0 spiro atoms. The Morgan fingerprint density at radius 3 is 3.12 bits per heavy atom. The van der Waals surface area contributed by atoms with Crippen LogP contribution in [0.5, 0.6) is 0 Å². The standard InChI is InChI=1S/C12H12BrFN2O/c13-8-4-9(14)11-10(5-8)15-12(16-11)7-2-1-3-17-6-7/h4-5,7H,1-3,6H2,(H,15,16)/t7-/m1/s1. The number of halogens is 2. The van der Waals surface area contributed by atoms with E-state index in [-0.39, 0.29) is 11.7 Å². The summed E-state index contributed by atoms with van der Waals surface area (Å²) in [5, 5.41) is 0. The Balaban J connectivity index is 2.03. The summed E-state index contributed by atoms with van der Waals surface area (Å²) in [5.41, 5.74) is 1.14. The van der Waals surface area contributed by atoms with Gasteiger partial charge in [-0.05, 0) is 25.0 Å². The lowest BCUT2D eigenvalue weighted by molar-refractivity contribution is 0.0784. The number of rotatable bonds is 1. The van der Waals surface area contributed by atoms with Crippen molar-refractivity contribution in [2.75, 3.05) is 13.2 Å². The number of H-pyrrole nitrogens is 1. The topological polar surface area (TPSA) is 37.9 Å². The lowest BCUT2D eigenvalue weighted by Crippen LogP contribution is -2.16. The molecule has 0 aliphatic carbocycles. The van der Waals surface area contributed by atoms with Crippen LogP contribution in [0.15, 0.2) is 16.6 Å². The highest BCUT2D eigenvalue weighted by molar-refractivity contribution is 9.10. The van der Waals surface area contributed by atoms with Crippen LogP contribution < -0.4 is 0 Å². The molecule has 3 nitrogen and oxygen atoms in total. The quantitative estimate of drug-likeness (QED) is 0.877. The second kappa shape index (κ2) is 4.38. The van der Waals surface area contributed by atoms with E-state index in [0.29, 0.717) is 12.1 Å². The molecule has 3 rings (SSSR count). The molecule has 0 saturated carbocycles. The van der Waals surface area contributed by atoms with Gasteiger partial charge in [0.25, 0.3) is 0 Å². The first-order chi connectivity index (χ1) is 8.24. The summed E-state index contributed by atoms with van der Waals surface area (Å²) in [4.78, 5) is 7.53. The van der Waals surface area contributed by atoms with Crippen LogP contribution in [0.1, 0.15) is 24.6 Å². The van der Waals surface area contributed by atoms with E-state index in [9.17, 15) is 4.39 Å². The predicted octanol–water partition coefficient (Wildman–Crippen LogP) is 3.36. The van der Waals surface area contributed by atoms with Crippen LogP contribution >= 0.6 is 15.9 Å². The smallest absolute Gasteiger partial charge is 0.152 e. The van der Waals surface area contributed by atoms with Gasteiger partial charge in [-0.15, -0.1) is 0 Å². The first kappa shape index (κ1) is 11.2. The Bertz CT molecular complexity index is 549. The Morgan fingerprint density at radius 2 is 2.35 bits per heavy atom. The van der Waals surface area contributed by atoms with Crippen molar-refractivity contribution in [3.8, 4) is 0 Å². The first-order valence-corrected chi connectivity index (χ1v) is 6.46. The summed E-state index contributed by atoms with van der Waals surface area (Å²) in [6, 6.07) is 3.28. The molecule has 5 heteroatoms. The Morgan fingerprint density at radius 1 is 1.47 bits per heavy atom. The molecule has 2 aromatic rings. The highest BCUT2D eigenvalue weighted by atomic mass is 79.9. The van der Waals surface area contributed by atoms with E-state index < -0.39 is 0 Å². The summed E-state index contributed by atoms with van der Waals surface area (Å²) in [7, 11) is 0. The average molecular weight is 299 g/mol. The third-order valence-electron chi connectivity index (χ3n) is 3.07. The summed E-state index contributed by atoms with van der Waals surface area (Å²) < 4.78 is 19.8. The molecule has 1 aromatic carbocycles. The van der Waals surface area contributed by atoms with Crippen LogP contribution in [0.3, 0.4) is 0 Å². The Hall–Kier alpha value is -0.940. The van der Waals surface area contributed by atoms with Crippen LogP contribution in [-0.2, 0) is 4.74 Å². The molecule has 0 amide bonds. The van der Waals surface area contributed by atoms with Crippen LogP contribution in [0.4, 0.5) is 4.39 Å². The predicted molar refractivity (Wildman–Crippen MR) is 66.5 cm³/mol. The van der Waals surface area contributed by atoms with Crippen molar-refractivity contribution in [1.29, 1.82) is 0 Å². The molecule has 17 heavy (non-hydrogen) atoms. The van der Waals surface area contributed by atoms with E-state index >= 15 is 0 Å². The van der Waals surface area contributed by atoms with Gasteiger partial charge in [-0.3, -0.25) is 0 Å². The Labute approximate surface area is 107 Å². The molecule has 0 bridgehead atoms. The number of fused-ring (bicyclic) bond motifs is 1. The summed E-state index contributed by atoms with van der Waals surface area (Å²) in [6.07, 6.45) is 2.08. The molecule has 1 aliphatic rings. The SMILES string of the molecule is Fc1cc(Br)cc2[nH]c([C@@H]3CCCOC3)nc12. The number of ether oxygens (including phenoxy) is 1. The highest BCUT2D eigenvalue weighted by Gasteiger charge is 2.20. The van der Waals surface area contributed by atoms with Crippen LogP contribution in [-0.4, -0.2) is 23.2 Å². The van der Waals surface area contributed by atoms with Crippen molar-refractivity contribution in [3.05, 3.63) is 28.2 Å². The van der Waals surface area contributed by atoms with E-state index in [0.717, 1.165) is 35.3 Å². The van der Waals surface area contributed by atoms with Gasteiger partial charge in [0, 0.05) is 17.0 Å². The second-order valence-corrected chi connectivity index (χ2v) is 5.24. The summed E-state index contributed by atoms with van der Waals surface area (Å²) in [5.74, 6) is 0.791. The van der Waals surface area contributed by atoms with Gasteiger partial charge in [0.1, 0.15) is 11.3 Å². The van der Waals surface area contributed by atoms with Gasteiger partial charge in [0.2, 0.25) is 0 Å². The van der Waals surface area contributed by atoms with Gasteiger partial charge >= 0.3 is 0 Å². The zero-order valence-electron chi connectivity index (χ0n) is 9.17. The van der Waals surface area contributed by atoms with Gasteiger partial charge in [-0.1, -0.05) is 15.9 Å². The molecule has 0 unspecified atom stereocenters. The maximum absolute atomic E-state index is 13.7. The van der Waals surface area contributed by atoms with Gasteiger partial charge in [-0.2, -0.15) is 0 Å². The van der Waals surface area contributed by atoms with Gasteiger partial charge in [-0.25, -0.2) is 9.37 Å². The maximum Gasteiger partial charge on any atom is 0.152 e. The normalized spacial score (nSPS) is 20.9. The summed E-state index contributed by atoms with van der Waals surface area (Å²) >= 11 is 3.28. The number of benzene rings is 1. The molecule has 1 N–H and O–H groups in total. The molecule has 1 atom stereocenters. The Kier molecular flexibility index (Phi) is 2.88. The van der Waals surface area contributed by atoms with Gasteiger partial charge < -0.3 is 9.72 Å². The number of hydrogen-bond acceptors (Lipinski definition) is 2. The van der Waals surface area contributed by atoms with E-state index in [1.54, 1.807) is 0 Å². The van der Waals surface area contributed by atoms with Crippen molar-refractivity contribution < 1.29 is 9.13 Å². The van der Waals surface area contributed by atoms with Crippen molar-refractivity contribution in [3.63, 3.8) is 0 Å². The maximum atomic E-state index is 13.7. The molecule has 1 aliphatic heterocycles. The molecule has 90 valence electrons. The van der Waals surface area contributed by atoms with Crippen LogP contribution in [0, 0.1) is 5.82 Å². The number of imidazole rings is 1. The lowest BCUT2D eigenvalue weighted by atomic mass is 10.0. The molecular weight excluding hydrogens is 287 g/mol.